The number of amides is 1. The Morgan fingerprint density at radius 2 is 1.87 bits per heavy atom. The maximum Gasteiger partial charge on any atom is 0.295 e. The molecule has 0 bridgehead atoms. The van der Waals surface area contributed by atoms with Gasteiger partial charge in [0, 0.05) is 38.3 Å². The van der Waals surface area contributed by atoms with Gasteiger partial charge in [-0.15, -0.1) is 0 Å². The fraction of sp³-hybridized carbons (Fsp3) is 0.364. The molecule has 3 aromatic rings. The van der Waals surface area contributed by atoms with Gasteiger partial charge in [0.1, 0.15) is 5.75 Å². The molecule has 1 aromatic heterocycles. The van der Waals surface area contributed by atoms with Gasteiger partial charge in [-0.1, -0.05) is 12.1 Å². The number of hydrogen-bond donors (Lipinski definition) is 1. The molecule has 2 heterocycles. The van der Waals surface area contributed by atoms with Gasteiger partial charge in [0.15, 0.2) is 5.82 Å². The van der Waals surface area contributed by atoms with Crippen molar-refractivity contribution >= 4 is 16.9 Å². The van der Waals surface area contributed by atoms with Gasteiger partial charge in [0.05, 0.1) is 18.1 Å². The highest BCUT2D eigenvalue weighted by molar-refractivity contribution is 5.97. The Labute approximate surface area is 173 Å². The van der Waals surface area contributed by atoms with E-state index in [1.807, 2.05) is 17.0 Å². The number of aromatic nitrogens is 2. The summed E-state index contributed by atoms with van der Waals surface area (Å²) >= 11 is 0. The third kappa shape index (κ3) is 4.43. The number of alkyl halides is 2. The van der Waals surface area contributed by atoms with E-state index in [1.54, 1.807) is 25.3 Å². The summed E-state index contributed by atoms with van der Waals surface area (Å²) in [5.41, 5.74) is 2.63. The monoisotopic (exact) mass is 414 g/mol. The summed E-state index contributed by atoms with van der Waals surface area (Å²) in [6.07, 6.45) is -1.72. The molecule has 4 rings (SSSR count). The van der Waals surface area contributed by atoms with Gasteiger partial charge in [-0.25, -0.2) is 13.8 Å². The van der Waals surface area contributed by atoms with Crippen LogP contribution in [0.2, 0.25) is 0 Å². The number of imidazole rings is 1. The number of nitrogens with one attached hydrogen (secondary N) is 1. The van der Waals surface area contributed by atoms with Gasteiger partial charge in [0.2, 0.25) is 0 Å². The van der Waals surface area contributed by atoms with Gasteiger partial charge in [0.25, 0.3) is 12.3 Å². The Hall–Kier alpha value is -3.00. The molecule has 1 saturated heterocycles. The van der Waals surface area contributed by atoms with Crippen LogP contribution >= 0.6 is 0 Å². The molecule has 6 nitrogen and oxygen atoms in total. The summed E-state index contributed by atoms with van der Waals surface area (Å²) in [5, 5.41) is 0. The molecule has 1 N–H and O–H groups in total. The predicted octanol–water partition coefficient (Wildman–Crippen LogP) is 3.51. The molecule has 1 aliphatic rings. The fourth-order valence-corrected chi connectivity index (χ4v) is 3.70. The number of aromatic amines is 1. The molecule has 8 heteroatoms. The van der Waals surface area contributed by atoms with E-state index in [2.05, 4.69) is 27.0 Å². The van der Waals surface area contributed by atoms with Crippen molar-refractivity contribution in [3.63, 3.8) is 0 Å². The van der Waals surface area contributed by atoms with Gasteiger partial charge < -0.3 is 14.6 Å². The summed E-state index contributed by atoms with van der Waals surface area (Å²) in [6, 6.07) is 12.9. The van der Waals surface area contributed by atoms with Crippen LogP contribution in [0.5, 0.6) is 5.75 Å². The van der Waals surface area contributed by atoms with Crippen LogP contribution in [0.4, 0.5) is 8.78 Å². The van der Waals surface area contributed by atoms with Gasteiger partial charge in [-0.05, 0) is 42.3 Å². The van der Waals surface area contributed by atoms with Crippen molar-refractivity contribution in [2.45, 2.75) is 12.8 Å². The molecule has 0 atom stereocenters. The molecule has 0 radical (unpaired) electrons. The van der Waals surface area contributed by atoms with Crippen LogP contribution in [0.1, 0.15) is 28.2 Å². The third-order valence-electron chi connectivity index (χ3n) is 5.49. The van der Waals surface area contributed by atoms with Crippen molar-refractivity contribution in [2.75, 3.05) is 39.8 Å². The summed E-state index contributed by atoms with van der Waals surface area (Å²) in [7, 11) is 1.66. The molecule has 0 saturated carbocycles. The van der Waals surface area contributed by atoms with Crippen LogP contribution in [0.3, 0.4) is 0 Å². The van der Waals surface area contributed by atoms with Crippen LogP contribution in [0.15, 0.2) is 42.5 Å². The number of H-pyrrole nitrogens is 1. The smallest absolute Gasteiger partial charge is 0.295 e. The summed E-state index contributed by atoms with van der Waals surface area (Å²) in [4.78, 5) is 23.4. The lowest BCUT2D eigenvalue weighted by atomic mass is 10.1. The van der Waals surface area contributed by atoms with E-state index in [9.17, 15) is 13.6 Å². The van der Waals surface area contributed by atoms with E-state index >= 15 is 0 Å². The third-order valence-corrected chi connectivity index (χ3v) is 5.49. The molecule has 158 valence electrons. The van der Waals surface area contributed by atoms with E-state index < -0.39 is 6.43 Å². The lowest BCUT2D eigenvalue weighted by Gasteiger charge is -2.34. The van der Waals surface area contributed by atoms with Crippen molar-refractivity contribution < 1.29 is 18.3 Å². The molecule has 30 heavy (non-hydrogen) atoms. The number of benzene rings is 2. The van der Waals surface area contributed by atoms with Gasteiger partial charge >= 0.3 is 0 Å². The normalized spacial score (nSPS) is 15.1. The largest absolute Gasteiger partial charge is 0.497 e. The maximum absolute atomic E-state index is 12.8. The number of carbonyl (C=O) groups excluding carboxylic acids is 1. The molecule has 0 unspecified atom stereocenters. The molecule has 2 aromatic carbocycles. The Morgan fingerprint density at radius 3 is 2.53 bits per heavy atom. The number of fused-ring (bicyclic) bond motifs is 1. The van der Waals surface area contributed by atoms with E-state index in [-0.39, 0.29) is 11.7 Å². The fourth-order valence-electron chi connectivity index (χ4n) is 3.70. The zero-order valence-corrected chi connectivity index (χ0v) is 16.8. The van der Waals surface area contributed by atoms with Crippen LogP contribution in [0, 0.1) is 0 Å². The minimum atomic E-state index is -2.66. The second-order valence-corrected chi connectivity index (χ2v) is 7.39. The average molecular weight is 414 g/mol. The van der Waals surface area contributed by atoms with E-state index in [1.165, 1.54) is 5.56 Å². The van der Waals surface area contributed by atoms with Gasteiger partial charge in [-0.2, -0.15) is 0 Å². The zero-order chi connectivity index (χ0) is 21.1. The highest BCUT2D eigenvalue weighted by atomic mass is 19.3. The lowest BCUT2D eigenvalue weighted by molar-refractivity contribution is 0.0638. The average Bonchev–Trinajstić information content (AvgIpc) is 3.22. The van der Waals surface area contributed by atoms with Crippen LogP contribution in [0.25, 0.3) is 11.0 Å². The Morgan fingerprint density at radius 1 is 1.13 bits per heavy atom. The molecular weight excluding hydrogens is 390 g/mol. The second kappa shape index (κ2) is 8.79. The lowest BCUT2D eigenvalue weighted by Crippen LogP contribution is -2.49. The first-order valence-electron chi connectivity index (χ1n) is 9.96. The van der Waals surface area contributed by atoms with Crippen molar-refractivity contribution in [3.8, 4) is 5.75 Å². The molecule has 0 aliphatic carbocycles. The number of piperazine rings is 1. The summed E-state index contributed by atoms with van der Waals surface area (Å²) in [5.74, 6) is 0.393. The second-order valence-electron chi connectivity index (χ2n) is 7.39. The topological polar surface area (TPSA) is 61.5 Å². The minimum Gasteiger partial charge on any atom is -0.497 e. The van der Waals surface area contributed by atoms with Crippen molar-refractivity contribution in [2.24, 2.45) is 0 Å². The van der Waals surface area contributed by atoms with Crippen molar-refractivity contribution in [1.29, 1.82) is 0 Å². The minimum absolute atomic E-state index is 0.0834. The van der Waals surface area contributed by atoms with Gasteiger partial charge in [-0.3, -0.25) is 9.69 Å². The predicted molar refractivity (Wildman–Crippen MR) is 110 cm³/mol. The Balaban J connectivity index is 1.32. The summed E-state index contributed by atoms with van der Waals surface area (Å²) in [6.45, 7) is 3.84. The highest BCUT2D eigenvalue weighted by Gasteiger charge is 2.23. The molecule has 1 fully saturated rings. The SMILES string of the molecule is COc1ccc(CCN2CCN(C(=O)c3ccc4nc(C(F)F)[nH]c4c3)CC2)cc1. The Kier molecular flexibility index (Phi) is 5.94. The molecule has 1 amide bonds. The number of halogens is 2. The molecular formula is C22H24F2N4O2. The number of carbonyl (C=O) groups is 1. The number of ether oxygens (including phenoxy) is 1. The van der Waals surface area contributed by atoms with Crippen LogP contribution < -0.4 is 4.74 Å². The van der Waals surface area contributed by atoms with E-state index in [4.69, 9.17) is 4.74 Å². The van der Waals surface area contributed by atoms with Crippen molar-refractivity contribution in [1.82, 2.24) is 19.8 Å². The zero-order valence-electron chi connectivity index (χ0n) is 16.8. The van der Waals surface area contributed by atoms with E-state index in [0.717, 1.165) is 31.8 Å². The number of nitrogens with zero attached hydrogens (tertiary/aromatic N) is 3. The first kappa shape index (κ1) is 20.3. The first-order chi connectivity index (χ1) is 14.5. The number of hydrogen-bond acceptors (Lipinski definition) is 4. The first-order valence-corrected chi connectivity index (χ1v) is 9.96. The maximum atomic E-state index is 12.8. The Bertz CT molecular complexity index is 1010. The van der Waals surface area contributed by atoms with E-state index in [0.29, 0.717) is 29.7 Å². The number of rotatable bonds is 6. The van der Waals surface area contributed by atoms with Crippen LogP contribution in [-0.4, -0.2) is 65.5 Å². The summed E-state index contributed by atoms with van der Waals surface area (Å²) < 4.78 is 30.8. The highest BCUT2D eigenvalue weighted by Crippen LogP contribution is 2.21. The number of methoxy groups -OCH3 is 1. The van der Waals surface area contributed by atoms with Crippen LogP contribution in [-0.2, 0) is 6.42 Å². The standard InChI is InChI=1S/C22H24F2N4O2/c1-30-17-5-2-15(3-6-17)8-9-27-10-12-28(13-11-27)22(29)16-4-7-18-19(14-16)26-21(25-18)20(23)24/h2-7,14,20H,8-13H2,1H3,(H,25,26). The molecule has 0 spiro atoms. The quantitative estimate of drug-likeness (QED) is 0.671. The molecule has 1 aliphatic heterocycles. The van der Waals surface area contributed by atoms with Crippen molar-refractivity contribution in [3.05, 3.63) is 59.4 Å².